The molecule has 2 aromatic carbocycles. The zero-order chi connectivity index (χ0) is 18.1. The molecule has 0 unspecified atom stereocenters. The first-order valence-corrected chi connectivity index (χ1v) is 9.79. The Bertz CT molecular complexity index is 1050. The van der Waals surface area contributed by atoms with Crippen LogP contribution in [0.15, 0.2) is 65.8 Å². The number of fused-ring (bicyclic) bond motifs is 1. The Kier molecular flexibility index (Phi) is 4.18. The van der Waals surface area contributed by atoms with Gasteiger partial charge in [-0.05, 0) is 36.1 Å². The van der Waals surface area contributed by atoms with E-state index in [9.17, 15) is 8.42 Å². The van der Waals surface area contributed by atoms with Crippen LogP contribution in [0.1, 0.15) is 23.6 Å². The largest absolute Gasteiger partial charge is 0.382 e. The van der Waals surface area contributed by atoms with Crippen molar-refractivity contribution in [2.24, 2.45) is 0 Å². The summed E-state index contributed by atoms with van der Waals surface area (Å²) in [5, 5.41) is 0. The standard InChI is InChI=1S/C19H18N4O2S/c20-19-12-21-18(11-22-19)14-5-3-6-15(10-14)26(24,25)23-17-9-8-13-4-1-2-7-16(13)17/h1-7,10-12,17,23H,8-9H2,(H2,20,22)/t17-/m0/s1. The maximum atomic E-state index is 12.9. The molecule has 132 valence electrons. The number of nitrogen functional groups attached to an aromatic ring is 1. The summed E-state index contributed by atoms with van der Waals surface area (Å²) in [6.45, 7) is 0. The summed E-state index contributed by atoms with van der Waals surface area (Å²) in [5.41, 5.74) is 9.05. The van der Waals surface area contributed by atoms with Gasteiger partial charge in [-0.3, -0.25) is 4.98 Å². The van der Waals surface area contributed by atoms with Crippen LogP contribution in [0.2, 0.25) is 0 Å². The molecule has 7 heteroatoms. The lowest BCUT2D eigenvalue weighted by molar-refractivity contribution is 0.554. The van der Waals surface area contributed by atoms with Crippen molar-refractivity contribution in [2.45, 2.75) is 23.8 Å². The second-order valence-electron chi connectivity index (χ2n) is 6.27. The number of nitrogens with zero attached hydrogens (tertiary/aromatic N) is 2. The highest BCUT2D eigenvalue weighted by Crippen LogP contribution is 2.32. The van der Waals surface area contributed by atoms with Gasteiger partial charge in [-0.2, -0.15) is 0 Å². The fourth-order valence-electron chi connectivity index (χ4n) is 3.24. The van der Waals surface area contributed by atoms with Crippen molar-refractivity contribution in [3.05, 3.63) is 72.1 Å². The second-order valence-corrected chi connectivity index (χ2v) is 7.98. The fourth-order valence-corrected chi connectivity index (χ4v) is 4.54. The average Bonchev–Trinajstić information content (AvgIpc) is 3.05. The van der Waals surface area contributed by atoms with E-state index in [1.165, 1.54) is 18.0 Å². The van der Waals surface area contributed by atoms with Crippen LogP contribution in [0, 0.1) is 0 Å². The Balaban J connectivity index is 1.63. The minimum Gasteiger partial charge on any atom is -0.382 e. The van der Waals surface area contributed by atoms with Crippen molar-refractivity contribution in [3.8, 4) is 11.3 Å². The van der Waals surface area contributed by atoms with Crippen molar-refractivity contribution < 1.29 is 8.42 Å². The molecule has 0 fully saturated rings. The minimum atomic E-state index is -3.65. The summed E-state index contributed by atoms with van der Waals surface area (Å²) in [6, 6.07) is 14.4. The van der Waals surface area contributed by atoms with Crippen molar-refractivity contribution in [1.82, 2.24) is 14.7 Å². The number of benzene rings is 2. The molecule has 4 rings (SSSR count). The maximum absolute atomic E-state index is 12.9. The molecule has 0 aliphatic heterocycles. The van der Waals surface area contributed by atoms with Crippen molar-refractivity contribution in [1.29, 1.82) is 0 Å². The molecule has 0 saturated heterocycles. The molecule has 1 aliphatic carbocycles. The molecule has 6 nitrogen and oxygen atoms in total. The number of nitrogens with two attached hydrogens (primary N) is 1. The molecule has 3 N–H and O–H groups in total. The molecule has 26 heavy (non-hydrogen) atoms. The molecule has 1 aliphatic rings. The summed E-state index contributed by atoms with van der Waals surface area (Å²) in [4.78, 5) is 8.41. The van der Waals surface area contributed by atoms with Crippen molar-refractivity contribution in [3.63, 3.8) is 0 Å². The molecule has 1 atom stereocenters. The summed E-state index contributed by atoms with van der Waals surface area (Å²) in [6.07, 6.45) is 4.62. The number of aromatic nitrogens is 2. The number of hydrogen-bond donors (Lipinski definition) is 2. The minimum absolute atomic E-state index is 0.198. The van der Waals surface area contributed by atoms with Crippen LogP contribution >= 0.6 is 0 Å². The zero-order valence-corrected chi connectivity index (χ0v) is 14.8. The highest BCUT2D eigenvalue weighted by molar-refractivity contribution is 7.89. The predicted molar refractivity (Wildman–Crippen MR) is 99.7 cm³/mol. The van der Waals surface area contributed by atoms with Crippen LogP contribution in [0.4, 0.5) is 5.82 Å². The van der Waals surface area contributed by atoms with Crippen LogP contribution < -0.4 is 10.5 Å². The van der Waals surface area contributed by atoms with E-state index in [0.717, 1.165) is 18.4 Å². The summed E-state index contributed by atoms with van der Waals surface area (Å²) in [5.74, 6) is 0.319. The van der Waals surface area contributed by atoms with Crippen LogP contribution in [-0.2, 0) is 16.4 Å². The quantitative estimate of drug-likeness (QED) is 0.740. The molecule has 0 bridgehead atoms. The van der Waals surface area contributed by atoms with Gasteiger partial charge in [-0.1, -0.05) is 36.4 Å². The lowest BCUT2D eigenvalue weighted by Crippen LogP contribution is -2.27. The Morgan fingerprint density at radius 3 is 2.69 bits per heavy atom. The summed E-state index contributed by atoms with van der Waals surface area (Å²) < 4.78 is 28.6. The molecule has 3 aromatic rings. The SMILES string of the molecule is Nc1cnc(-c2cccc(S(=O)(=O)N[C@H]3CCc4ccccc43)c2)cn1. The molecule has 1 aromatic heterocycles. The van der Waals surface area contributed by atoms with E-state index >= 15 is 0 Å². The number of aryl methyl sites for hydroxylation is 1. The van der Waals surface area contributed by atoms with Crippen LogP contribution in [-0.4, -0.2) is 18.4 Å². The maximum Gasteiger partial charge on any atom is 0.241 e. The van der Waals surface area contributed by atoms with E-state index in [1.807, 2.05) is 24.3 Å². The summed E-state index contributed by atoms with van der Waals surface area (Å²) in [7, 11) is -3.65. The third-order valence-electron chi connectivity index (χ3n) is 4.54. The van der Waals surface area contributed by atoms with Gasteiger partial charge in [0.1, 0.15) is 5.82 Å². The van der Waals surface area contributed by atoms with E-state index in [4.69, 9.17) is 5.73 Å². The van der Waals surface area contributed by atoms with Crippen LogP contribution in [0.5, 0.6) is 0 Å². The first-order valence-electron chi connectivity index (χ1n) is 8.31. The van der Waals surface area contributed by atoms with Gasteiger partial charge in [-0.25, -0.2) is 18.1 Å². The molecule has 0 radical (unpaired) electrons. The first-order chi connectivity index (χ1) is 12.5. The second kappa shape index (κ2) is 6.51. The smallest absolute Gasteiger partial charge is 0.241 e. The fraction of sp³-hybridized carbons (Fsp3) is 0.158. The van der Waals surface area contributed by atoms with E-state index < -0.39 is 10.0 Å². The van der Waals surface area contributed by atoms with Gasteiger partial charge in [0.15, 0.2) is 0 Å². The summed E-state index contributed by atoms with van der Waals surface area (Å²) >= 11 is 0. The molecular weight excluding hydrogens is 348 g/mol. The van der Waals surface area contributed by atoms with E-state index in [1.54, 1.807) is 24.3 Å². The van der Waals surface area contributed by atoms with Crippen LogP contribution in [0.3, 0.4) is 0 Å². The predicted octanol–water partition coefficient (Wildman–Crippen LogP) is 2.69. The number of sulfonamides is 1. The topological polar surface area (TPSA) is 98.0 Å². The van der Waals surface area contributed by atoms with Gasteiger partial charge >= 0.3 is 0 Å². The van der Waals surface area contributed by atoms with Crippen molar-refractivity contribution >= 4 is 15.8 Å². The number of nitrogens with one attached hydrogen (secondary N) is 1. The highest BCUT2D eigenvalue weighted by atomic mass is 32.2. The Morgan fingerprint density at radius 1 is 1.04 bits per heavy atom. The number of rotatable bonds is 4. The van der Waals surface area contributed by atoms with E-state index in [-0.39, 0.29) is 10.9 Å². The Hall–Kier alpha value is -2.77. The lowest BCUT2D eigenvalue weighted by Gasteiger charge is -2.15. The first kappa shape index (κ1) is 16.7. The molecule has 0 spiro atoms. The Morgan fingerprint density at radius 2 is 1.88 bits per heavy atom. The van der Waals surface area contributed by atoms with E-state index in [0.29, 0.717) is 17.1 Å². The molecule has 0 saturated carbocycles. The zero-order valence-electron chi connectivity index (χ0n) is 14.0. The third-order valence-corrected chi connectivity index (χ3v) is 6.01. The molecular formula is C19H18N4O2S. The monoisotopic (exact) mass is 366 g/mol. The van der Waals surface area contributed by atoms with Gasteiger partial charge in [0.05, 0.1) is 23.0 Å². The van der Waals surface area contributed by atoms with Gasteiger partial charge in [0, 0.05) is 11.6 Å². The number of hydrogen-bond acceptors (Lipinski definition) is 5. The normalized spacial score (nSPS) is 16.4. The van der Waals surface area contributed by atoms with Gasteiger partial charge in [0.2, 0.25) is 10.0 Å². The van der Waals surface area contributed by atoms with E-state index in [2.05, 4.69) is 14.7 Å². The number of anilines is 1. The van der Waals surface area contributed by atoms with Crippen molar-refractivity contribution in [2.75, 3.05) is 5.73 Å². The lowest BCUT2D eigenvalue weighted by atomic mass is 10.1. The van der Waals surface area contributed by atoms with Gasteiger partial charge in [0.25, 0.3) is 0 Å². The average molecular weight is 366 g/mol. The molecule has 1 heterocycles. The Labute approximate surface area is 152 Å². The highest BCUT2D eigenvalue weighted by Gasteiger charge is 2.27. The van der Waals surface area contributed by atoms with Crippen LogP contribution in [0.25, 0.3) is 11.3 Å². The third kappa shape index (κ3) is 3.18. The molecule has 0 amide bonds. The van der Waals surface area contributed by atoms with Gasteiger partial charge < -0.3 is 5.73 Å². The van der Waals surface area contributed by atoms with Gasteiger partial charge in [-0.15, -0.1) is 0 Å².